The van der Waals surface area contributed by atoms with Crippen LogP contribution in [0.3, 0.4) is 0 Å². The van der Waals surface area contributed by atoms with Gasteiger partial charge in [-0.25, -0.2) is 9.89 Å². The van der Waals surface area contributed by atoms with Gasteiger partial charge in [0.2, 0.25) is 0 Å². The molecule has 2 rings (SSSR count). The largest absolute Gasteiger partial charge is 0.343 e. The van der Waals surface area contributed by atoms with E-state index in [-0.39, 0.29) is 5.69 Å². The Bertz CT molecular complexity index is 428. The summed E-state index contributed by atoms with van der Waals surface area (Å²) in [6.07, 6.45) is 6.11. The number of thioether (sulfide) groups is 1. The molecule has 1 aliphatic carbocycles. The van der Waals surface area contributed by atoms with Crippen LogP contribution < -0.4 is 11.0 Å². The Kier molecular flexibility index (Phi) is 4.88. The predicted molar refractivity (Wildman–Crippen MR) is 74.0 cm³/mol. The molecule has 102 valence electrons. The summed E-state index contributed by atoms with van der Waals surface area (Å²) in [6, 6.07) is 0.632. The molecule has 18 heavy (non-hydrogen) atoms. The molecule has 1 saturated carbocycles. The van der Waals surface area contributed by atoms with E-state index in [0.717, 1.165) is 11.7 Å². The van der Waals surface area contributed by atoms with Crippen LogP contribution in [0.5, 0.6) is 0 Å². The van der Waals surface area contributed by atoms with Gasteiger partial charge in [-0.2, -0.15) is 0 Å². The van der Waals surface area contributed by atoms with Crippen LogP contribution in [0.25, 0.3) is 0 Å². The number of H-pyrrole nitrogens is 1. The molecular formula is C12H22N4OS. The third-order valence-electron chi connectivity index (χ3n) is 3.42. The lowest BCUT2D eigenvalue weighted by Crippen LogP contribution is -2.35. The molecule has 1 aromatic rings. The normalized spacial score (nSPS) is 24.3. The predicted octanol–water partition coefficient (Wildman–Crippen LogP) is 1.51. The SMILES string of the molecule is CCCNC1CCCC(Sc2n[nH]c(=O)n2C)C1. The van der Waals surface area contributed by atoms with E-state index < -0.39 is 0 Å². The second-order valence-electron chi connectivity index (χ2n) is 4.93. The van der Waals surface area contributed by atoms with Gasteiger partial charge >= 0.3 is 5.69 Å². The van der Waals surface area contributed by atoms with Crippen molar-refractivity contribution in [3.63, 3.8) is 0 Å². The average Bonchev–Trinajstić information content (AvgIpc) is 2.69. The molecule has 2 N–H and O–H groups in total. The van der Waals surface area contributed by atoms with Crippen molar-refractivity contribution < 1.29 is 0 Å². The van der Waals surface area contributed by atoms with Gasteiger partial charge in [0.05, 0.1) is 0 Å². The van der Waals surface area contributed by atoms with E-state index in [1.54, 1.807) is 23.4 Å². The number of nitrogens with one attached hydrogen (secondary N) is 2. The molecule has 0 radical (unpaired) electrons. The minimum atomic E-state index is -0.131. The van der Waals surface area contributed by atoms with Crippen molar-refractivity contribution in [3.8, 4) is 0 Å². The molecule has 0 amide bonds. The summed E-state index contributed by atoms with van der Waals surface area (Å²) >= 11 is 1.73. The fraction of sp³-hybridized carbons (Fsp3) is 0.833. The molecule has 5 nitrogen and oxygen atoms in total. The fourth-order valence-electron chi connectivity index (χ4n) is 2.37. The summed E-state index contributed by atoms with van der Waals surface area (Å²) in [6.45, 7) is 3.30. The molecule has 0 saturated heterocycles. The van der Waals surface area contributed by atoms with E-state index in [9.17, 15) is 4.79 Å². The number of aromatic nitrogens is 3. The summed E-state index contributed by atoms with van der Waals surface area (Å²) in [5.41, 5.74) is -0.131. The minimum Gasteiger partial charge on any atom is -0.314 e. The van der Waals surface area contributed by atoms with Crippen molar-refractivity contribution in [1.29, 1.82) is 0 Å². The monoisotopic (exact) mass is 270 g/mol. The second-order valence-corrected chi connectivity index (χ2v) is 6.20. The van der Waals surface area contributed by atoms with Crippen LogP contribution in [0, 0.1) is 0 Å². The van der Waals surface area contributed by atoms with Crippen molar-refractivity contribution in [2.45, 2.75) is 55.5 Å². The van der Waals surface area contributed by atoms with Crippen molar-refractivity contribution in [1.82, 2.24) is 20.1 Å². The van der Waals surface area contributed by atoms with Crippen LogP contribution in [0.1, 0.15) is 39.0 Å². The van der Waals surface area contributed by atoms with E-state index in [1.807, 2.05) is 0 Å². The van der Waals surface area contributed by atoms with Gasteiger partial charge in [-0.15, -0.1) is 5.10 Å². The van der Waals surface area contributed by atoms with Crippen molar-refractivity contribution in [3.05, 3.63) is 10.5 Å². The van der Waals surface area contributed by atoms with Crippen LogP contribution in [0.4, 0.5) is 0 Å². The second kappa shape index (κ2) is 6.43. The summed E-state index contributed by atoms with van der Waals surface area (Å²) in [7, 11) is 1.77. The highest BCUT2D eigenvalue weighted by Gasteiger charge is 2.23. The number of aromatic amines is 1. The van der Waals surface area contributed by atoms with Gasteiger partial charge in [-0.05, 0) is 32.2 Å². The molecule has 2 unspecified atom stereocenters. The van der Waals surface area contributed by atoms with Crippen LogP contribution >= 0.6 is 11.8 Å². The zero-order valence-corrected chi connectivity index (χ0v) is 11.9. The standard InChI is InChI=1S/C12H22N4OS/c1-3-7-13-9-5-4-6-10(8-9)18-12-15-14-11(17)16(12)2/h9-10,13H,3-8H2,1-2H3,(H,14,17). The molecule has 0 aromatic carbocycles. The van der Waals surface area contributed by atoms with Crippen molar-refractivity contribution in [2.24, 2.45) is 7.05 Å². The van der Waals surface area contributed by atoms with E-state index in [2.05, 4.69) is 22.4 Å². The molecule has 0 spiro atoms. The number of hydrogen-bond donors (Lipinski definition) is 2. The maximum absolute atomic E-state index is 11.3. The summed E-state index contributed by atoms with van der Waals surface area (Å²) in [5, 5.41) is 11.5. The zero-order chi connectivity index (χ0) is 13.0. The van der Waals surface area contributed by atoms with Gasteiger partial charge in [-0.1, -0.05) is 25.1 Å². The van der Waals surface area contributed by atoms with Gasteiger partial charge in [-0.3, -0.25) is 4.57 Å². The third-order valence-corrected chi connectivity index (χ3v) is 4.76. The van der Waals surface area contributed by atoms with Crippen molar-refractivity contribution >= 4 is 11.8 Å². The maximum Gasteiger partial charge on any atom is 0.343 e. The Hall–Kier alpha value is -0.750. The molecule has 1 heterocycles. The average molecular weight is 270 g/mol. The molecule has 1 fully saturated rings. The first kappa shape index (κ1) is 13.7. The molecule has 1 aliphatic rings. The molecule has 1 aromatic heterocycles. The molecule has 6 heteroatoms. The Morgan fingerprint density at radius 1 is 1.56 bits per heavy atom. The van der Waals surface area contributed by atoms with Crippen LogP contribution in [-0.4, -0.2) is 32.6 Å². The van der Waals surface area contributed by atoms with E-state index >= 15 is 0 Å². The lowest BCUT2D eigenvalue weighted by Gasteiger charge is -2.29. The van der Waals surface area contributed by atoms with Gasteiger partial charge in [0.25, 0.3) is 0 Å². The highest BCUT2D eigenvalue weighted by Crippen LogP contribution is 2.32. The third kappa shape index (κ3) is 3.38. The van der Waals surface area contributed by atoms with Crippen LogP contribution in [-0.2, 0) is 7.05 Å². The Balaban J connectivity index is 1.89. The van der Waals surface area contributed by atoms with Crippen LogP contribution in [0.15, 0.2) is 9.95 Å². The Labute approximate surface area is 112 Å². The van der Waals surface area contributed by atoms with E-state index in [1.165, 1.54) is 32.1 Å². The molecular weight excluding hydrogens is 248 g/mol. The minimum absolute atomic E-state index is 0.131. The maximum atomic E-state index is 11.3. The first-order chi connectivity index (χ1) is 8.70. The Morgan fingerprint density at radius 3 is 3.06 bits per heavy atom. The van der Waals surface area contributed by atoms with Gasteiger partial charge < -0.3 is 5.32 Å². The Morgan fingerprint density at radius 2 is 2.39 bits per heavy atom. The van der Waals surface area contributed by atoms with E-state index in [4.69, 9.17) is 0 Å². The molecule has 0 bridgehead atoms. The fourth-order valence-corrected chi connectivity index (χ4v) is 3.62. The number of nitrogens with zero attached hydrogens (tertiary/aromatic N) is 2. The lowest BCUT2D eigenvalue weighted by molar-refractivity contribution is 0.381. The first-order valence-corrected chi connectivity index (χ1v) is 7.60. The van der Waals surface area contributed by atoms with Gasteiger partial charge in [0.15, 0.2) is 5.16 Å². The van der Waals surface area contributed by atoms with E-state index in [0.29, 0.717) is 11.3 Å². The zero-order valence-electron chi connectivity index (χ0n) is 11.1. The number of hydrogen-bond acceptors (Lipinski definition) is 4. The first-order valence-electron chi connectivity index (χ1n) is 6.72. The number of rotatable bonds is 5. The molecule has 0 aliphatic heterocycles. The topological polar surface area (TPSA) is 62.7 Å². The quantitative estimate of drug-likeness (QED) is 0.851. The summed E-state index contributed by atoms with van der Waals surface area (Å²) < 4.78 is 1.59. The summed E-state index contributed by atoms with van der Waals surface area (Å²) in [5.74, 6) is 0. The highest BCUT2D eigenvalue weighted by atomic mass is 32.2. The molecule has 2 atom stereocenters. The van der Waals surface area contributed by atoms with Crippen LogP contribution in [0.2, 0.25) is 0 Å². The van der Waals surface area contributed by atoms with Gasteiger partial charge in [0.1, 0.15) is 0 Å². The summed E-state index contributed by atoms with van der Waals surface area (Å²) in [4.78, 5) is 11.3. The lowest BCUT2D eigenvalue weighted by atomic mass is 9.95. The highest BCUT2D eigenvalue weighted by molar-refractivity contribution is 7.99. The van der Waals surface area contributed by atoms with Crippen molar-refractivity contribution in [2.75, 3.05) is 6.54 Å². The smallest absolute Gasteiger partial charge is 0.314 e. The van der Waals surface area contributed by atoms with Gasteiger partial charge in [0, 0.05) is 18.3 Å².